The summed E-state index contributed by atoms with van der Waals surface area (Å²) in [4.78, 5) is 17.0. The molecule has 4 rings (SSSR count). The first-order valence-corrected chi connectivity index (χ1v) is 8.13. The molecule has 7 nitrogen and oxygen atoms in total. The van der Waals surface area contributed by atoms with E-state index < -0.39 is 6.04 Å². The van der Waals surface area contributed by atoms with Crippen molar-refractivity contribution in [1.82, 2.24) is 24.5 Å². The number of nitrogens with two attached hydrogens (primary N) is 1. The zero-order valence-corrected chi connectivity index (χ0v) is 14.3. The molecule has 2 aromatic rings. The first kappa shape index (κ1) is 16.0. The van der Waals surface area contributed by atoms with Gasteiger partial charge in [-0.15, -0.1) is 0 Å². The summed E-state index contributed by atoms with van der Waals surface area (Å²) >= 11 is 12.5. The highest BCUT2D eigenvalue weighted by Gasteiger charge is 2.24. The molecule has 2 aliphatic rings. The molecule has 0 amide bonds. The molecule has 0 radical (unpaired) electrons. The SMILES string of the molecule is NC(c1cnco1)c1ncn(Cc2c(Cl)cccc2Cl)c2ncnc1-2. The van der Waals surface area contributed by atoms with Gasteiger partial charge in [-0.1, -0.05) is 29.3 Å². The van der Waals surface area contributed by atoms with Crippen molar-refractivity contribution in [3.8, 4) is 11.5 Å². The molecule has 0 spiro atoms. The van der Waals surface area contributed by atoms with Gasteiger partial charge < -0.3 is 14.7 Å². The smallest absolute Gasteiger partial charge is 0.180 e. The number of hydrogen-bond acceptors (Lipinski definition) is 6. The molecular weight excluding hydrogens is 363 g/mol. The first-order valence-electron chi connectivity index (χ1n) is 7.37. The van der Waals surface area contributed by atoms with Crippen LogP contribution < -0.4 is 5.73 Å². The molecule has 126 valence electrons. The number of rotatable bonds is 4. The molecular formula is C16H12Cl2N6O. The molecule has 2 N–H and O–H groups in total. The Hall–Kier alpha value is -2.48. The first-order chi connectivity index (χ1) is 12.1. The third-order valence-electron chi connectivity index (χ3n) is 3.87. The molecule has 2 aliphatic heterocycles. The van der Waals surface area contributed by atoms with Gasteiger partial charge in [-0.3, -0.25) is 0 Å². The van der Waals surface area contributed by atoms with Crippen LogP contribution in [0.25, 0.3) is 11.5 Å². The Morgan fingerprint density at radius 3 is 2.68 bits per heavy atom. The van der Waals surface area contributed by atoms with Crippen molar-refractivity contribution < 1.29 is 4.42 Å². The fourth-order valence-electron chi connectivity index (χ4n) is 2.61. The Morgan fingerprint density at radius 2 is 1.96 bits per heavy atom. The maximum atomic E-state index is 6.26. The molecule has 25 heavy (non-hydrogen) atoms. The summed E-state index contributed by atoms with van der Waals surface area (Å²) in [5.74, 6) is 1.14. The van der Waals surface area contributed by atoms with Gasteiger partial charge in [-0.05, 0) is 12.1 Å². The van der Waals surface area contributed by atoms with Gasteiger partial charge >= 0.3 is 0 Å². The summed E-state index contributed by atoms with van der Waals surface area (Å²) in [7, 11) is 0. The number of nitrogens with zero attached hydrogens (tertiary/aromatic N) is 5. The van der Waals surface area contributed by atoms with Gasteiger partial charge in [0.15, 0.2) is 12.2 Å². The maximum absolute atomic E-state index is 6.26. The fraction of sp³-hybridized carbons (Fsp3) is 0.125. The van der Waals surface area contributed by atoms with Gasteiger partial charge in [0.25, 0.3) is 0 Å². The van der Waals surface area contributed by atoms with Gasteiger partial charge in [0.05, 0.1) is 24.8 Å². The Labute approximate surface area is 152 Å². The van der Waals surface area contributed by atoms with E-state index in [2.05, 4.69) is 19.9 Å². The Bertz CT molecular complexity index is 964. The molecule has 0 aliphatic carbocycles. The molecule has 1 aromatic carbocycles. The average Bonchev–Trinajstić information content (AvgIpc) is 3.29. The van der Waals surface area contributed by atoms with E-state index in [0.717, 1.165) is 5.56 Å². The summed E-state index contributed by atoms with van der Waals surface area (Å²) in [6.45, 7) is 0.415. The van der Waals surface area contributed by atoms with E-state index in [0.29, 0.717) is 39.6 Å². The second-order valence-electron chi connectivity index (χ2n) is 5.39. The molecule has 0 saturated heterocycles. The van der Waals surface area contributed by atoms with Crippen LogP contribution in [0.3, 0.4) is 0 Å². The minimum absolute atomic E-state index is 0.415. The number of hydrogen-bond donors (Lipinski definition) is 1. The molecule has 9 heteroatoms. The van der Waals surface area contributed by atoms with Crippen molar-refractivity contribution in [2.75, 3.05) is 0 Å². The lowest BCUT2D eigenvalue weighted by Gasteiger charge is -2.16. The molecule has 0 bridgehead atoms. The van der Waals surface area contributed by atoms with Crippen LogP contribution >= 0.6 is 23.2 Å². The lowest BCUT2D eigenvalue weighted by atomic mass is 10.1. The predicted octanol–water partition coefficient (Wildman–Crippen LogP) is 3.17. The zero-order chi connectivity index (χ0) is 17.4. The minimum atomic E-state index is -0.583. The largest absolute Gasteiger partial charge is 0.446 e. The molecule has 1 atom stereocenters. The number of imidazole rings is 1. The topological polar surface area (TPSA) is 95.7 Å². The maximum Gasteiger partial charge on any atom is 0.180 e. The molecule has 0 saturated carbocycles. The quantitative estimate of drug-likeness (QED) is 0.589. The van der Waals surface area contributed by atoms with Gasteiger partial charge in [-0.25, -0.2) is 19.9 Å². The summed E-state index contributed by atoms with van der Waals surface area (Å²) < 4.78 is 7.09. The van der Waals surface area contributed by atoms with Gasteiger partial charge in [-0.2, -0.15) is 0 Å². The van der Waals surface area contributed by atoms with Crippen LogP contribution in [0.4, 0.5) is 0 Å². The van der Waals surface area contributed by atoms with E-state index in [1.54, 1.807) is 30.7 Å². The monoisotopic (exact) mass is 374 g/mol. The third kappa shape index (κ3) is 2.86. The molecule has 1 aromatic heterocycles. The Morgan fingerprint density at radius 1 is 1.16 bits per heavy atom. The Balaban J connectivity index is 1.75. The molecule has 1 unspecified atom stereocenters. The highest BCUT2D eigenvalue weighted by Crippen LogP contribution is 2.30. The van der Waals surface area contributed by atoms with Gasteiger partial charge in [0, 0.05) is 15.6 Å². The van der Waals surface area contributed by atoms with Crippen molar-refractivity contribution in [3.63, 3.8) is 0 Å². The van der Waals surface area contributed by atoms with Crippen molar-refractivity contribution in [2.45, 2.75) is 12.6 Å². The zero-order valence-electron chi connectivity index (χ0n) is 12.8. The van der Waals surface area contributed by atoms with E-state index in [9.17, 15) is 0 Å². The molecule has 3 heterocycles. The van der Waals surface area contributed by atoms with Crippen LogP contribution in [0.5, 0.6) is 0 Å². The number of halogens is 2. The highest BCUT2D eigenvalue weighted by molar-refractivity contribution is 6.35. The third-order valence-corrected chi connectivity index (χ3v) is 4.58. The number of fused-ring (bicyclic) bond motifs is 1. The lowest BCUT2D eigenvalue weighted by molar-refractivity contribution is 0.481. The van der Waals surface area contributed by atoms with Crippen LogP contribution in [0.2, 0.25) is 10.0 Å². The number of benzene rings is 1. The van der Waals surface area contributed by atoms with E-state index in [4.69, 9.17) is 33.4 Å². The van der Waals surface area contributed by atoms with E-state index in [1.165, 1.54) is 12.7 Å². The lowest BCUT2D eigenvalue weighted by Crippen LogP contribution is -2.18. The van der Waals surface area contributed by atoms with Gasteiger partial charge in [0.2, 0.25) is 0 Å². The van der Waals surface area contributed by atoms with Crippen LogP contribution in [0.1, 0.15) is 23.1 Å². The fourth-order valence-corrected chi connectivity index (χ4v) is 3.13. The summed E-state index contributed by atoms with van der Waals surface area (Å²) in [6, 6.07) is 4.80. The normalized spacial score (nSPS) is 12.6. The molecule has 0 fully saturated rings. The van der Waals surface area contributed by atoms with Crippen LogP contribution in [0, 0.1) is 0 Å². The summed E-state index contributed by atoms with van der Waals surface area (Å²) in [5.41, 5.74) is 8.16. The van der Waals surface area contributed by atoms with Crippen LogP contribution in [-0.4, -0.2) is 24.5 Å². The average molecular weight is 375 g/mol. The van der Waals surface area contributed by atoms with Gasteiger partial charge in [0.1, 0.15) is 23.8 Å². The second kappa shape index (κ2) is 6.44. The van der Waals surface area contributed by atoms with Crippen molar-refractivity contribution in [2.24, 2.45) is 5.73 Å². The van der Waals surface area contributed by atoms with E-state index >= 15 is 0 Å². The summed E-state index contributed by atoms with van der Waals surface area (Å²) in [5, 5.41) is 1.16. The Kier molecular flexibility index (Phi) is 4.12. The van der Waals surface area contributed by atoms with E-state index in [1.807, 2.05) is 4.57 Å². The van der Waals surface area contributed by atoms with Crippen LogP contribution in [0.15, 0.2) is 47.9 Å². The van der Waals surface area contributed by atoms with Crippen LogP contribution in [-0.2, 0) is 6.54 Å². The standard InChI is InChI=1S/C16H12Cl2N6O/c17-10-2-1-3-11(18)9(10)5-24-7-23-14(15-16(24)22-6-21-15)13(19)12-4-20-8-25-12/h1-4,6-8,13H,5,19H2. The highest BCUT2D eigenvalue weighted by atomic mass is 35.5. The van der Waals surface area contributed by atoms with E-state index in [-0.39, 0.29) is 0 Å². The van der Waals surface area contributed by atoms with Crippen molar-refractivity contribution >= 4 is 23.2 Å². The minimum Gasteiger partial charge on any atom is -0.446 e. The van der Waals surface area contributed by atoms with Crippen molar-refractivity contribution in [1.29, 1.82) is 0 Å². The summed E-state index contributed by atoms with van der Waals surface area (Å²) in [6.07, 6.45) is 5.99. The number of oxazole rings is 1. The second-order valence-corrected chi connectivity index (χ2v) is 6.20. The number of aromatic nitrogens is 5. The predicted molar refractivity (Wildman–Crippen MR) is 92.5 cm³/mol. The van der Waals surface area contributed by atoms with Crippen molar-refractivity contribution in [3.05, 3.63) is 70.5 Å².